The Bertz CT molecular complexity index is 998. The highest BCUT2D eigenvalue weighted by atomic mass is 32.2. The summed E-state index contributed by atoms with van der Waals surface area (Å²) in [5, 5.41) is 0. The van der Waals surface area contributed by atoms with Crippen LogP contribution in [0.5, 0.6) is 0 Å². The van der Waals surface area contributed by atoms with Gasteiger partial charge in [-0.05, 0) is 61.4 Å². The molecule has 2 aromatic carbocycles. The highest BCUT2D eigenvalue weighted by Crippen LogP contribution is 2.35. The highest BCUT2D eigenvalue weighted by Gasteiger charge is 2.33. The molecule has 1 saturated carbocycles. The average molecular weight is 399 g/mol. The minimum absolute atomic E-state index is 0.125. The Morgan fingerprint density at radius 1 is 1.11 bits per heavy atom. The largest absolute Gasteiger partial charge is 0.339 e. The Labute approximate surface area is 167 Å². The first-order valence-corrected chi connectivity index (χ1v) is 11.3. The van der Waals surface area contributed by atoms with Gasteiger partial charge < -0.3 is 4.90 Å². The molecule has 4 rings (SSSR count). The van der Waals surface area contributed by atoms with E-state index in [1.807, 2.05) is 18.2 Å². The van der Waals surface area contributed by atoms with Gasteiger partial charge in [0.25, 0.3) is 5.91 Å². The summed E-state index contributed by atoms with van der Waals surface area (Å²) in [6.07, 6.45) is 3.02. The van der Waals surface area contributed by atoms with E-state index in [1.165, 1.54) is 15.9 Å². The van der Waals surface area contributed by atoms with Crippen LogP contribution in [-0.4, -0.2) is 43.2 Å². The van der Waals surface area contributed by atoms with Crippen LogP contribution in [0.2, 0.25) is 0 Å². The monoisotopic (exact) mass is 398 g/mol. The van der Waals surface area contributed by atoms with Crippen LogP contribution in [0, 0.1) is 5.92 Å². The third kappa shape index (κ3) is 3.59. The SMILES string of the molecule is CC(C1CC1)N(C)C(=O)c1cccc(S(=O)(=O)N2CCc3ccccc3C2)c1. The maximum Gasteiger partial charge on any atom is 0.253 e. The van der Waals surface area contributed by atoms with Crippen molar-refractivity contribution in [3.8, 4) is 0 Å². The van der Waals surface area contributed by atoms with Gasteiger partial charge in [0, 0.05) is 31.7 Å². The van der Waals surface area contributed by atoms with E-state index in [0.29, 0.717) is 31.0 Å². The Hall–Kier alpha value is -2.18. The van der Waals surface area contributed by atoms with Gasteiger partial charge in [-0.3, -0.25) is 4.79 Å². The van der Waals surface area contributed by atoms with Gasteiger partial charge in [-0.15, -0.1) is 0 Å². The van der Waals surface area contributed by atoms with Gasteiger partial charge in [-0.2, -0.15) is 4.31 Å². The molecule has 1 aliphatic carbocycles. The van der Waals surface area contributed by atoms with Crippen molar-refractivity contribution in [3.63, 3.8) is 0 Å². The van der Waals surface area contributed by atoms with Crippen LogP contribution in [-0.2, 0) is 23.0 Å². The molecule has 1 atom stereocenters. The molecule has 148 valence electrons. The minimum atomic E-state index is -3.65. The standard InChI is InChI=1S/C22H26N2O3S/c1-16(17-10-11-17)23(2)22(25)19-8-5-9-21(14-19)28(26,27)24-13-12-18-6-3-4-7-20(18)15-24/h3-9,14,16-17H,10-13,15H2,1-2H3. The van der Waals surface area contributed by atoms with E-state index in [2.05, 4.69) is 13.0 Å². The second kappa shape index (κ2) is 7.33. The Morgan fingerprint density at radius 3 is 2.54 bits per heavy atom. The zero-order valence-corrected chi connectivity index (χ0v) is 17.2. The Kier molecular flexibility index (Phi) is 5.02. The normalized spacial score (nSPS) is 18.4. The van der Waals surface area contributed by atoms with Gasteiger partial charge in [0.2, 0.25) is 10.0 Å². The van der Waals surface area contributed by atoms with E-state index in [4.69, 9.17) is 0 Å². The molecule has 0 bridgehead atoms. The van der Waals surface area contributed by atoms with Crippen molar-refractivity contribution >= 4 is 15.9 Å². The van der Waals surface area contributed by atoms with Crippen LogP contribution in [0.15, 0.2) is 53.4 Å². The summed E-state index contributed by atoms with van der Waals surface area (Å²) < 4.78 is 27.9. The summed E-state index contributed by atoms with van der Waals surface area (Å²) >= 11 is 0. The highest BCUT2D eigenvalue weighted by molar-refractivity contribution is 7.89. The molecule has 5 nitrogen and oxygen atoms in total. The fourth-order valence-electron chi connectivity index (χ4n) is 3.90. The van der Waals surface area contributed by atoms with Crippen molar-refractivity contribution < 1.29 is 13.2 Å². The number of sulfonamides is 1. The molecule has 1 unspecified atom stereocenters. The van der Waals surface area contributed by atoms with Crippen LogP contribution >= 0.6 is 0 Å². The van der Waals surface area contributed by atoms with Gasteiger partial charge in [0.15, 0.2) is 0 Å². The molecule has 28 heavy (non-hydrogen) atoms. The summed E-state index contributed by atoms with van der Waals surface area (Å²) in [7, 11) is -1.85. The fourth-order valence-corrected chi connectivity index (χ4v) is 5.36. The van der Waals surface area contributed by atoms with Gasteiger partial charge in [0.1, 0.15) is 0 Å². The van der Waals surface area contributed by atoms with Crippen LogP contribution in [0.3, 0.4) is 0 Å². The summed E-state index contributed by atoms with van der Waals surface area (Å²) in [4.78, 5) is 14.8. The van der Waals surface area contributed by atoms with Crippen LogP contribution in [0.25, 0.3) is 0 Å². The Balaban J connectivity index is 1.57. The van der Waals surface area contributed by atoms with Crippen molar-refractivity contribution in [3.05, 3.63) is 65.2 Å². The second-order valence-corrected chi connectivity index (χ2v) is 9.82. The molecule has 0 spiro atoms. The number of nitrogens with zero attached hydrogens (tertiary/aromatic N) is 2. The molecular weight excluding hydrogens is 372 g/mol. The number of amides is 1. The zero-order chi connectivity index (χ0) is 19.9. The smallest absolute Gasteiger partial charge is 0.253 e. The molecule has 1 amide bonds. The van der Waals surface area contributed by atoms with E-state index in [-0.39, 0.29) is 16.8 Å². The van der Waals surface area contributed by atoms with Crippen molar-refractivity contribution in [1.82, 2.24) is 9.21 Å². The van der Waals surface area contributed by atoms with Crippen molar-refractivity contribution in [2.45, 2.75) is 43.7 Å². The lowest BCUT2D eigenvalue weighted by Crippen LogP contribution is -2.37. The van der Waals surface area contributed by atoms with Crippen LogP contribution in [0.4, 0.5) is 0 Å². The number of benzene rings is 2. The number of hydrogen-bond acceptors (Lipinski definition) is 3. The second-order valence-electron chi connectivity index (χ2n) is 7.88. The lowest BCUT2D eigenvalue weighted by atomic mass is 10.0. The van der Waals surface area contributed by atoms with Crippen LogP contribution in [0.1, 0.15) is 41.3 Å². The summed E-state index contributed by atoms with van der Waals surface area (Å²) in [5.41, 5.74) is 2.67. The number of carbonyl (C=O) groups is 1. The molecule has 0 saturated heterocycles. The fraction of sp³-hybridized carbons (Fsp3) is 0.409. The van der Waals surface area contributed by atoms with E-state index >= 15 is 0 Å². The van der Waals surface area contributed by atoms with E-state index < -0.39 is 10.0 Å². The van der Waals surface area contributed by atoms with Crippen molar-refractivity contribution in [1.29, 1.82) is 0 Å². The number of hydrogen-bond donors (Lipinski definition) is 0. The lowest BCUT2D eigenvalue weighted by Gasteiger charge is -2.28. The zero-order valence-electron chi connectivity index (χ0n) is 16.3. The molecule has 1 fully saturated rings. The summed E-state index contributed by atoms with van der Waals surface area (Å²) in [5.74, 6) is 0.440. The molecular formula is C22H26N2O3S. The van der Waals surface area contributed by atoms with Gasteiger partial charge in [-0.25, -0.2) is 8.42 Å². The van der Waals surface area contributed by atoms with E-state index in [1.54, 1.807) is 30.1 Å². The molecule has 1 heterocycles. The van der Waals surface area contributed by atoms with E-state index in [9.17, 15) is 13.2 Å². The first-order valence-electron chi connectivity index (χ1n) is 9.82. The summed E-state index contributed by atoms with van der Waals surface area (Å²) in [6, 6.07) is 14.6. The van der Waals surface area contributed by atoms with Crippen molar-refractivity contribution in [2.24, 2.45) is 5.92 Å². The first kappa shape index (κ1) is 19.2. The van der Waals surface area contributed by atoms with Gasteiger partial charge in [0.05, 0.1) is 4.90 Å². The molecule has 0 aromatic heterocycles. The first-order chi connectivity index (χ1) is 13.4. The lowest BCUT2D eigenvalue weighted by molar-refractivity contribution is 0.0727. The number of carbonyl (C=O) groups excluding carboxylic acids is 1. The average Bonchev–Trinajstić information content (AvgIpc) is 3.57. The molecule has 2 aromatic rings. The predicted octanol–water partition coefficient (Wildman–Crippen LogP) is 3.30. The molecule has 0 N–H and O–H groups in total. The number of fused-ring (bicyclic) bond motifs is 1. The Morgan fingerprint density at radius 2 is 1.82 bits per heavy atom. The molecule has 2 aliphatic rings. The maximum absolute atomic E-state index is 13.2. The maximum atomic E-state index is 13.2. The number of rotatable bonds is 5. The van der Waals surface area contributed by atoms with Crippen LogP contribution < -0.4 is 0 Å². The third-order valence-electron chi connectivity index (χ3n) is 6.05. The molecule has 1 aliphatic heterocycles. The van der Waals surface area contributed by atoms with E-state index in [0.717, 1.165) is 18.4 Å². The predicted molar refractivity (Wildman–Crippen MR) is 108 cm³/mol. The van der Waals surface area contributed by atoms with Crippen molar-refractivity contribution in [2.75, 3.05) is 13.6 Å². The summed E-state index contributed by atoms with van der Waals surface area (Å²) in [6.45, 7) is 2.88. The quantitative estimate of drug-likeness (QED) is 0.776. The van der Waals surface area contributed by atoms with Gasteiger partial charge >= 0.3 is 0 Å². The molecule has 6 heteroatoms. The minimum Gasteiger partial charge on any atom is -0.339 e. The molecule has 0 radical (unpaired) electrons. The topological polar surface area (TPSA) is 57.7 Å². The van der Waals surface area contributed by atoms with Gasteiger partial charge in [-0.1, -0.05) is 30.3 Å². The third-order valence-corrected chi connectivity index (χ3v) is 7.89.